The van der Waals surface area contributed by atoms with Gasteiger partial charge in [0.15, 0.2) is 31.5 Å². The summed E-state index contributed by atoms with van der Waals surface area (Å²) >= 11 is 1.73. The van der Waals surface area contributed by atoms with Gasteiger partial charge in [-0.2, -0.15) is 0 Å². The second kappa shape index (κ2) is 48.3. The summed E-state index contributed by atoms with van der Waals surface area (Å²) in [6, 6.07) is 64.5. The highest BCUT2D eigenvalue weighted by molar-refractivity contribution is 8.00. The second-order valence-electron chi connectivity index (χ2n) is 33.7. The van der Waals surface area contributed by atoms with E-state index in [0.29, 0.717) is 72.9 Å². The monoisotopic (exact) mass is 1670 g/mol. The van der Waals surface area contributed by atoms with Crippen LogP contribution < -0.4 is 0 Å². The van der Waals surface area contributed by atoms with E-state index in [9.17, 15) is 28.8 Å². The molecule has 14 rings (SSSR count). The van der Waals surface area contributed by atoms with Gasteiger partial charge in [-0.15, -0.1) is 0 Å². The van der Waals surface area contributed by atoms with Crippen LogP contribution in [0.1, 0.15) is 290 Å². The van der Waals surface area contributed by atoms with Gasteiger partial charge < -0.3 is 0 Å². The molecule has 0 amide bonds. The number of carbonyl (C=O) groups is 6. The Balaban J connectivity index is 0.000000158. The topological polar surface area (TPSA) is 102 Å². The summed E-state index contributed by atoms with van der Waals surface area (Å²) in [5.41, 5.74) is 8.00. The summed E-state index contributed by atoms with van der Waals surface area (Å²) in [4.78, 5) is 77.8. The summed E-state index contributed by atoms with van der Waals surface area (Å²) < 4.78 is -0.386. The first-order chi connectivity index (χ1) is 55.0. The number of rotatable bonds is 26. The first-order valence-electron chi connectivity index (χ1n) is 43.5. The number of hydrogen-bond donors (Lipinski definition) is 0. The first-order valence-corrected chi connectivity index (χ1v) is 53.8. The molecule has 0 bridgehead atoms. The Labute approximate surface area is 711 Å². The molecule has 6 nitrogen and oxygen atoms in total. The minimum Gasteiger partial charge on any atom is -0.289 e. The molecule has 0 radical (unpaired) electrons. The van der Waals surface area contributed by atoms with Crippen LogP contribution in [0.15, 0.2) is 204 Å². The summed E-state index contributed by atoms with van der Waals surface area (Å²) in [6.07, 6.45) is 29.3. The molecule has 13 heteroatoms. The van der Waals surface area contributed by atoms with Gasteiger partial charge >= 0.3 is 0 Å². The summed E-state index contributed by atoms with van der Waals surface area (Å²) in [5, 5.41) is 2.54. The fraction of sp³-hybridized carbons (Fsp3) is 0.525. The molecule has 4 atom stereocenters. The van der Waals surface area contributed by atoms with Gasteiger partial charge in [0.25, 0.3) is 0 Å². The zero-order chi connectivity index (χ0) is 81.4. The minimum atomic E-state index is -0.218. The third kappa shape index (κ3) is 28.3. The molecule has 7 aliphatic rings. The van der Waals surface area contributed by atoms with Crippen LogP contribution >= 0.6 is 11.8 Å². The van der Waals surface area contributed by atoms with Crippen LogP contribution in [0.3, 0.4) is 0 Å². The molecule has 0 spiro atoms. The zero-order valence-electron chi connectivity index (χ0n) is 71.2. The van der Waals surface area contributed by atoms with Crippen LogP contribution in [0.4, 0.5) is 0 Å². The van der Waals surface area contributed by atoms with Crippen molar-refractivity contribution in [3.8, 4) is 0 Å². The Bertz CT molecular complexity index is 3970. The van der Waals surface area contributed by atoms with Crippen molar-refractivity contribution in [3.63, 3.8) is 0 Å². The number of Topliss-reactive ketones (excluding diaryl/α,β-unsaturated/α-hetero) is 6. The van der Waals surface area contributed by atoms with Crippen molar-refractivity contribution in [2.75, 3.05) is 63.3 Å². The summed E-state index contributed by atoms with van der Waals surface area (Å²) in [7, 11) is 1.71. The van der Waals surface area contributed by atoms with E-state index in [-0.39, 0.29) is 69.4 Å². The van der Waals surface area contributed by atoms with E-state index >= 15 is 0 Å². The van der Waals surface area contributed by atoms with Gasteiger partial charge in [-0.05, 0) is 247 Å². The molecule has 0 aromatic heterocycles. The standard InChI is InChI=1S/C22H33OS.C20H23OS2.C19H27OS.C14H19OS.C13H17OS.C13H19OS/c1-17(2)24(20-15-7-4-8-16-20)22(19-13-9-10-14-19)21(23)18-11-5-3-6-12-18;1-20(2,23-14-6-7-15-23)19(21)16-10-12-18(13-11-16)22-17-8-4-3-5-9-17;1-15(21-13-5-6-14-21)19(20)18-11-9-17(10-12-18)16-7-3-2-4-8-16;1-14(2,16-10-6-7-11-16)13(15)12-8-4-3-5-9-12;1-11-4-6-12(7-5-11)13(14)10-15-8-2-3-9-15;1-4-15(11(2)3)10-13(14)12-8-6-5-7-9-12/h3,5-6,11-12,17,19-20,22H,4,7-10,13-16H2,1-2H3;3-5,8-13H,6-7,14-15H2,1-2H3;9-12,15-16H,2-8,13-14H2,1H3;3-5,8-9H,6-7,10-11H2,1-2H3;4-7H,2-3,8-10H2,1H3;5-9,11H,4,10H2,1-3H3/q6*+1. The fourth-order valence-corrected chi connectivity index (χ4v) is 33.6. The summed E-state index contributed by atoms with van der Waals surface area (Å²) in [6.45, 7) is 24.0. The van der Waals surface area contributed by atoms with Crippen LogP contribution in [-0.2, 0) is 65.4 Å². The van der Waals surface area contributed by atoms with Gasteiger partial charge in [0, 0.05) is 81.8 Å². The number of hydrogen-bond acceptors (Lipinski definition) is 7. The van der Waals surface area contributed by atoms with E-state index in [1.165, 1.54) is 208 Å². The lowest BCUT2D eigenvalue weighted by atomic mass is 9.84. The van der Waals surface area contributed by atoms with Gasteiger partial charge in [-0.3, -0.25) is 28.8 Å². The molecule has 4 aliphatic heterocycles. The van der Waals surface area contributed by atoms with Gasteiger partial charge in [0.05, 0.1) is 0 Å². The average molecular weight is 1670 g/mol. The molecule has 4 saturated heterocycles. The SMILES string of the molecule is CC(C(=O)c1ccc(C2CCCCC2)cc1)[S+]1CCCC1.CC(C)(C(=O)c1ccc(Sc2ccccc2)cc1)[S+]1CCCC1.CC(C)(C(=O)c1ccccc1)[S+]1CCCC1.CC(C)[S+](C1CCCCC1)C(C(=O)c1ccccc1)C1CCCC1.CC[S+](CC(=O)c1ccccc1)C(C)C.Cc1ccc(C(=O)C[S+]2CCCC2)cc1. The van der Waals surface area contributed by atoms with Gasteiger partial charge in [-0.25, -0.2) is 0 Å². The Morgan fingerprint density at radius 3 is 1.28 bits per heavy atom. The van der Waals surface area contributed by atoms with E-state index in [1.54, 1.807) is 11.8 Å². The molecule has 7 aromatic rings. The lowest BCUT2D eigenvalue weighted by Gasteiger charge is -2.32. The quantitative estimate of drug-likeness (QED) is 0.0393. The Hall–Kier alpha value is -4.99. The molecule has 3 saturated carbocycles. The number of benzene rings is 7. The molecule has 4 unspecified atom stereocenters. The first kappa shape index (κ1) is 92.9. The predicted octanol–water partition coefficient (Wildman–Crippen LogP) is 24.3. The highest BCUT2D eigenvalue weighted by atomic mass is 32.2. The van der Waals surface area contributed by atoms with Crippen LogP contribution in [-0.4, -0.2) is 134 Å². The second-order valence-corrected chi connectivity index (χ2v) is 51.2. The maximum absolute atomic E-state index is 13.5. The van der Waals surface area contributed by atoms with Gasteiger partial charge in [0.1, 0.15) is 67.5 Å². The Kier molecular flexibility index (Phi) is 39.4. The molecule has 0 N–H and O–H groups in total. The van der Waals surface area contributed by atoms with E-state index in [1.807, 2.05) is 153 Å². The highest BCUT2D eigenvalue weighted by Crippen LogP contribution is 2.41. The predicted molar refractivity (Wildman–Crippen MR) is 507 cm³/mol. The van der Waals surface area contributed by atoms with Crippen molar-refractivity contribution in [3.05, 3.63) is 239 Å². The van der Waals surface area contributed by atoms with Crippen molar-refractivity contribution >= 4 is 112 Å². The average Bonchev–Trinajstić information content (AvgIpc) is 0.899. The van der Waals surface area contributed by atoms with E-state index in [0.717, 1.165) is 56.1 Å². The smallest absolute Gasteiger partial charge is 0.217 e. The van der Waals surface area contributed by atoms with E-state index < -0.39 is 0 Å². The minimum absolute atomic E-state index is 0.169. The zero-order valence-corrected chi connectivity index (χ0v) is 76.9. The number of aryl methyl sites for hydroxylation is 1. The Morgan fingerprint density at radius 1 is 0.404 bits per heavy atom. The molecular weight excluding hydrogens is 1530 g/mol. The number of ketones is 6. The fourth-order valence-electron chi connectivity index (χ4n) is 17.1. The van der Waals surface area contributed by atoms with Crippen LogP contribution in [0.2, 0.25) is 0 Å². The molecule has 614 valence electrons. The molecule has 7 aromatic carbocycles. The molecular formula is C101H138O6S7+6. The van der Waals surface area contributed by atoms with Crippen LogP contribution in [0.5, 0.6) is 0 Å². The maximum Gasteiger partial charge on any atom is 0.217 e. The third-order valence-corrected chi connectivity index (χ3v) is 43.0. The largest absolute Gasteiger partial charge is 0.289 e. The lowest BCUT2D eigenvalue weighted by Crippen LogP contribution is -2.47. The van der Waals surface area contributed by atoms with Crippen molar-refractivity contribution in [2.24, 2.45) is 5.92 Å². The Morgan fingerprint density at radius 2 is 0.798 bits per heavy atom. The highest BCUT2D eigenvalue weighted by Gasteiger charge is 2.51. The van der Waals surface area contributed by atoms with E-state index in [4.69, 9.17) is 0 Å². The third-order valence-electron chi connectivity index (χ3n) is 24.1. The van der Waals surface area contributed by atoms with Crippen LogP contribution in [0.25, 0.3) is 0 Å². The van der Waals surface area contributed by atoms with Gasteiger partial charge in [0.2, 0.25) is 34.7 Å². The van der Waals surface area contributed by atoms with Crippen molar-refractivity contribution in [1.82, 2.24) is 0 Å². The molecule has 3 aliphatic carbocycles. The van der Waals surface area contributed by atoms with Crippen LogP contribution in [0, 0.1) is 12.8 Å². The normalized spacial score (nSPS) is 18.4. The molecule has 114 heavy (non-hydrogen) atoms. The number of carbonyl (C=O) groups excluding carboxylic acids is 6. The van der Waals surface area contributed by atoms with E-state index in [2.05, 4.69) is 118 Å². The molecule has 4 heterocycles. The van der Waals surface area contributed by atoms with Crippen molar-refractivity contribution < 1.29 is 28.8 Å². The van der Waals surface area contributed by atoms with Crippen molar-refractivity contribution in [1.29, 1.82) is 0 Å². The molecule has 7 fully saturated rings. The lowest BCUT2D eigenvalue weighted by molar-refractivity contribution is 0.0949. The maximum atomic E-state index is 13.5. The van der Waals surface area contributed by atoms with Gasteiger partial charge in [-0.1, -0.05) is 226 Å². The van der Waals surface area contributed by atoms with Crippen molar-refractivity contribution in [2.45, 2.75) is 269 Å². The summed E-state index contributed by atoms with van der Waals surface area (Å²) in [5.74, 6) is 16.0.